The number of ether oxygens (including phenoxy) is 4. The molecule has 3 N–H and O–H groups in total. The molecule has 546 valence electrons. The highest BCUT2D eigenvalue weighted by Gasteiger charge is 2.30. The van der Waals surface area contributed by atoms with E-state index in [1.165, 1.54) is 193 Å². The van der Waals surface area contributed by atoms with Gasteiger partial charge in [0, 0.05) is 25.7 Å². The van der Waals surface area contributed by atoms with E-state index in [4.69, 9.17) is 37.0 Å². The Hall–Kier alpha value is -1.94. The number of unbranched alkanes of at least 4 members (excludes halogenated alkanes) is 40. The number of aliphatic hydroxyl groups is 1. The fraction of sp³-hybridized carbons (Fsp3) is 0.945. The van der Waals surface area contributed by atoms with Gasteiger partial charge in [0.15, 0.2) is 12.2 Å². The first kappa shape index (κ1) is 90.1. The molecule has 0 aliphatic rings. The van der Waals surface area contributed by atoms with Gasteiger partial charge < -0.3 is 33.8 Å². The number of rotatable bonds is 72. The van der Waals surface area contributed by atoms with Crippen LogP contribution in [0.4, 0.5) is 0 Å². The van der Waals surface area contributed by atoms with Gasteiger partial charge in [-0.25, -0.2) is 9.13 Å². The average molecular weight is 1350 g/mol. The molecule has 0 saturated heterocycles. The Morgan fingerprint density at radius 2 is 0.522 bits per heavy atom. The Labute approximate surface area is 562 Å². The third-order valence-electron chi connectivity index (χ3n) is 17.7. The highest BCUT2D eigenvalue weighted by Crippen LogP contribution is 2.45. The summed E-state index contributed by atoms with van der Waals surface area (Å²) in [5, 5.41) is 10.6. The molecule has 0 aliphatic heterocycles. The van der Waals surface area contributed by atoms with Gasteiger partial charge in [-0.2, -0.15) is 0 Å². The van der Waals surface area contributed by atoms with E-state index in [9.17, 15) is 43.2 Å². The first-order valence-corrected chi connectivity index (χ1v) is 41.1. The maximum absolute atomic E-state index is 13.1. The number of phosphoric ester groups is 2. The number of carbonyl (C=O) groups excluding carboxylic acids is 4. The van der Waals surface area contributed by atoms with Crippen LogP contribution >= 0.6 is 15.6 Å². The second-order valence-electron chi connectivity index (χ2n) is 26.8. The first-order valence-electron chi connectivity index (χ1n) is 38.1. The molecule has 0 rings (SSSR count). The average Bonchev–Trinajstić information content (AvgIpc) is 3.15. The maximum atomic E-state index is 13.1. The molecular weight excluding hydrogens is 1210 g/mol. The molecule has 0 heterocycles. The Bertz CT molecular complexity index is 1790. The zero-order valence-electron chi connectivity index (χ0n) is 59.9. The Balaban J connectivity index is 5.23. The maximum Gasteiger partial charge on any atom is 0.472 e. The second-order valence-corrected chi connectivity index (χ2v) is 29.7. The van der Waals surface area contributed by atoms with E-state index in [1.54, 1.807) is 0 Å². The number of hydrogen-bond acceptors (Lipinski definition) is 15. The van der Waals surface area contributed by atoms with Gasteiger partial charge >= 0.3 is 39.5 Å². The largest absolute Gasteiger partial charge is 0.472 e. The molecule has 0 fully saturated rings. The Morgan fingerprint density at radius 1 is 0.304 bits per heavy atom. The van der Waals surface area contributed by atoms with Gasteiger partial charge in [-0.3, -0.25) is 37.3 Å². The van der Waals surface area contributed by atoms with Gasteiger partial charge in [-0.15, -0.1) is 0 Å². The van der Waals surface area contributed by atoms with Crippen molar-refractivity contribution in [2.24, 2.45) is 11.8 Å². The summed E-state index contributed by atoms with van der Waals surface area (Å²) in [7, 11) is -9.90. The van der Waals surface area contributed by atoms with Gasteiger partial charge in [0.05, 0.1) is 26.4 Å². The normalized spacial score (nSPS) is 14.7. The highest BCUT2D eigenvalue weighted by molar-refractivity contribution is 7.47. The SMILES string of the molecule is CCCCCCCCCCCCCC(=O)O[C@H](COC(=O)CCCCCCCCCCC)COP(=O)(O)OC[C@H](O)COP(=O)(O)OC[C@@H](COC(=O)CCCCCCCCCCCCC(C)CC)OC(=O)CCCCCCCCCCCCCCCCC(C)CC. The van der Waals surface area contributed by atoms with Gasteiger partial charge in [0.2, 0.25) is 0 Å². The van der Waals surface area contributed by atoms with Gasteiger partial charge in [-0.05, 0) is 37.5 Å². The van der Waals surface area contributed by atoms with Gasteiger partial charge in [-0.1, -0.05) is 324 Å². The van der Waals surface area contributed by atoms with Crippen LogP contribution in [0.15, 0.2) is 0 Å². The summed E-state index contributed by atoms with van der Waals surface area (Å²) in [5.74, 6) is -0.464. The monoisotopic (exact) mass is 1350 g/mol. The van der Waals surface area contributed by atoms with E-state index in [-0.39, 0.29) is 25.7 Å². The number of esters is 4. The van der Waals surface area contributed by atoms with Crippen LogP contribution in [-0.2, 0) is 65.4 Å². The predicted molar refractivity (Wildman–Crippen MR) is 372 cm³/mol. The van der Waals surface area contributed by atoms with Crippen LogP contribution in [0, 0.1) is 11.8 Å². The molecule has 0 aromatic heterocycles. The summed E-state index contributed by atoms with van der Waals surface area (Å²) in [6.07, 6.45) is 51.1. The molecule has 19 heteroatoms. The summed E-state index contributed by atoms with van der Waals surface area (Å²) in [4.78, 5) is 72.6. The summed E-state index contributed by atoms with van der Waals surface area (Å²) < 4.78 is 68.4. The smallest absolute Gasteiger partial charge is 0.462 e. The highest BCUT2D eigenvalue weighted by atomic mass is 31.2. The van der Waals surface area contributed by atoms with Crippen molar-refractivity contribution in [1.82, 2.24) is 0 Å². The second kappa shape index (κ2) is 65.0. The third kappa shape index (κ3) is 64.1. The van der Waals surface area contributed by atoms with E-state index >= 15 is 0 Å². The van der Waals surface area contributed by atoms with Crippen molar-refractivity contribution < 1.29 is 80.2 Å². The molecule has 0 bridgehead atoms. The van der Waals surface area contributed by atoms with Crippen LogP contribution in [0.5, 0.6) is 0 Å². The quantitative estimate of drug-likeness (QED) is 0.0222. The van der Waals surface area contributed by atoms with Crippen molar-refractivity contribution in [3.8, 4) is 0 Å². The summed E-state index contributed by atoms with van der Waals surface area (Å²) >= 11 is 0. The van der Waals surface area contributed by atoms with Gasteiger partial charge in [0.1, 0.15) is 19.3 Å². The van der Waals surface area contributed by atoms with Crippen molar-refractivity contribution in [2.75, 3.05) is 39.6 Å². The molecule has 7 atom stereocenters. The van der Waals surface area contributed by atoms with E-state index in [2.05, 4.69) is 41.5 Å². The van der Waals surface area contributed by atoms with Gasteiger partial charge in [0.25, 0.3) is 0 Å². The number of hydrogen-bond donors (Lipinski definition) is 3. The lowest BCUT2D eigenvalue weighted by molar-refractivity contribution is -0.161. The zero-order valence-corrected chi connectivity index (χ0v) is 61.6. The zero-order chi connectivity index (χ0) is 67.9. The van der Waals surface area contributed by atoms with Crippen LogP contribution in [0.25, 0.3) is 0 Å². The third-order valence-corrected chi connectivity index (χ3v) is 19.6. The Kier molecular flexibility index (Phi) is 63.7. The Morgan fingerprint density at radius 3 is 0.772 bits per heavy atom. The van der Waals surface area contributed by atoms with Crippen molar-refractivity contribution in [3.05, 3.63) is 0 Å². The topological polar surface area (TPSA) is 237 Å². The van der Waals surface area contributed by atoms with E-state index in [0.29, 0.717) is 25.7 Å². The van der Waals surface area contributed by atoms with Crippen LogP contribution in [0.1, 0.15) is 375 Å². The molecule has 92 heavy (non-hydrogen) atoms. The molecule has 17 nitrogen and oxygen atoms in total. The number of aliphatic hydroxyl groups excluding tert-OH is 1. The lowest BCUT2D eigenvalue weighted by atomic mass is 9.99. The minimum absolute atomic E-state index is 0.107. The van der Waals surface area contributed by atoms with Crippen LogP contribution < -0.4 is 0 Å². The molecule has 0 aliphatic carbocycles. The molecule has 0 radical (unpaired) electrons. The number of carbonyl (C=O) groups is 4. The predicted octanol–water partition coefficient (Wildman–Crippen LogP) is 21.2. The standard InChI is InChI=1S/C73H142O17P2/c1-7-11-13-15-17-19-24-33-39-45-51-57-72(77)89-68(61-83-70(75)55-49-43-37-29-18-16-14-12-8-2)63-87-91(79,80)85-59-67(74)60-86-92(81,82)88-64-69(62-84-71(76)56-50-44-38-32-28-27-31-36-42-48-54-66(6)10-4)90-73(78)58-52-46-40-34-26-23-21-20-22-25-30-35-41-47-53-65(5)9-3/h65-69,74H,7-64H2,1-6H3,(H,79,80)(H,81,82)/t65?,66?,67-,68+,69+/m0/s1. The van der Waals surface area contributed by atoms with E-state index in [0.717, 1.165) is 102 Å². The first-order chi connectivity index (χ1) is 44.4. The fourth-order valence-electron chi connectivity index (χ4n) is 11.1. The van der Waals surface area contributed by atoms with E-state index < -0.39 is 97.5 Å². The molecule has 0 amide bonds. The minimum Gasteiger partial charge on any atom is -0.462 e. The summed E-state index contributed by atoms with van der Waals surface area (Å²) in [6.45, 7) is 9.64. The van der Waals surface area contributed by atoms with Crippen LogP contribution in [0.2, 0.25) is 0 Å². The molecule has 0 aromatic carbocycles. The van der Waals surface area contributed by atoms with Crippen molar-refractivity contribution in [2.45, 2.75) is 394 Å². The van der Waals surface area contributed by atoms with Crippen molar-refractivity contribution in [3.63, 3.8) is 0 Å². The van der Waals surface area contributed by atoms with Crippen molar-refractivity contribution in [1.29, 1.82) is 0 Å². The molecule has 4 unspecified atom stereocenters. The molecule has 0 saturated carbocycles. The fourth-order valence-corrected chi connectivity index (χ4v) is 12.6. The van der Waals surface area contributed by atoms with Crippen LogP contribution in [0.3, 0.4) is 0 Å². The summed E-state index contributed by atoms with van der Waals surface area (Å²) in [6, 6.07) is 0. The van der Waals surface area contributed by atoms with Crippen LogP contribution in [-0.4, -0.2) is 96.7 Å². The lowest BCUT2D eigenvalue weighted by Crippen LogP contribution is -2.30. The molecular formula is C73H142O17P2. The minimum atomic E-state index is -4.95. The van der Waals surface area contributed by atoms with E-state index in [1.807, 2.05) is 0 Å². The van der Waals surface area contributed by atoms with Crippen molar-refractivity contribution >= 4 is 39.5 Å². The number of phosphoric acid groups is 2. The lowest BCUT2D eigenvalue weighted by Gasteiger charge is -2.21. The summed E-state index contributed by atoms with van der Waals surface area (Å²) in [5.41, 5.74) is 0. The molecule has 0 aromatic rings. The molecule has 0 spiro atoms.